The van der Waals surface area contributed by atoms with Gasteiger partial charge in [0.05, 0.1) is 6.61 Å². The molecule has 1 aliphatic rings. The molecule has 0 aromatic heterocycles. The molecule has 1 amide bonds. The summed E-state index contributed by atoms with van der Waals surface area (Å²) < 4.78 is 5.03. The van der Waals surface area contributed by atoms with Crippen LogP contribution in [0.25, 0.3) is 0 Å². The van der Waals surface area contributed by atoms with Crippen molar-refractivity contribution < 1.29 is 9.53 Å². The van der Waals surface area contributed by atoms with Gasteiger partial charge in [-0.3, -0.25) is 9.69 Å². The summed E-state index contributed by atoms with van der Waals surface area (Å²) in [5, 5.41) is 0. The van der Waals surface area contributed by atoms with E-state index in [0.29, 0.717) is 19.6 Å². The summed E-state index contributed by atoms with van der Waals surface area (Å²) in [6.07, 6.45) is 2.80. The molecule has 0 spiro atoms. The first kappa shape index (κ1) is 14.4. The number of likely N-dealkylation sites (N-methyl/N-ethyl adjacent to an activating group) is 1. The Hall–Kier alpha value is -0.650. The number of nitrogens with zero attached hydrogens (tertiary/aromatic N) is 2. The van der Waals surface area contributed by atoms with E-state index in [-0.39, 0.29) is 11.9 Å². The predicted molar refractivity (Wildman–Crippen MR) is 67.8 cm³/mol. The molecule has 0 saturated carbocycles. The summed E-state index contributed by atoms with van der Waals surface area (Å²) in [5.41, 5.74) is 5.74. The standard InChI is InChI=1S/C12H25N3O2/c1-14(7-8-17-2)11(10-13)9-12(16)15-5-3-4-6-15/h11H,3-10,13H2,1-2H3. The van der Waals surface area contributed by atoms with Crippen molar-refractivity contribution in [3.8, 4) is 0 Å². The van der Waals surface area contributed by atoms with Crippen molar-refractivity contribution in [1.82, 2.24) is 9.80 Å². The van der Waals surface area contributed by atoms with Crippen LogP contribution in [0.3, 0.4) is 0 Å². The van der Waals surface area contributed by atoms with Crippen molar-refractivity contribution in [3.63, 3.8) is 0 Å². The third-order valence-corrected chi connectivity index (χ3v) is 3.41. The van der Waals surface area contributed by atoms with Gasteiger partial charge in [-0.2, -0.15) is 0 Å². The van der Waals surface area contributed by atoms with E-state index in [1.54, 1.807) is 7.11 Å². The monoisotopic (exact) mass is 243 g/mol. The number of rotatable bonds is 7. The smallest absolute Gasteiger partial charge is 0.224 e. The van der Waals surface area contributed by atoms with Gasteiger partial charge < -0.3 is 15.4 Å². The second kappa shape index (κ2) is 7.63. The molecule has 1 aliphatic heterocycles. The molecule has 1 rings (SSSR count). The van der Waals surface area contributed by atoms with Gasteiger partial charge in [-0.1, -0.05) is 0 Å². The molecular formula is C12H25N3O2. The lowest BCUT2D eigenvalue weighted by Crippen LogP contribution is -2.43. The number of hydrogen-bond donors (Lipinski definition) is 1. The lowest BCUT2D eigenvalue weighted by atomic mass is 10.1. The van der Waals surface area contributed by atoms with Gasteiger partial charge in [-0.15, -0.1) is 0 Å². The Labute approximate surface area is 104 Å². The number of carbonyl (C=O) groups is 1. The van der Waals surface area contributed by atoms with Gasteiger partial charge in [-0.05, 0) is 19.9 Å². The second-order valence-electron chi connectivity index (χ2n) is 4.65. The Bertz CT molecular complexity index is 230. The number of nitrogens with two attached hydrogens (primary N) is 1. The first-order valence-electron chi connectivity index (χ1n) is 6.36. The first-order chi connectivity index (χ1) is 8.19. The zero-order valence-electron chi connectivity index (χ0n) is 11.0. The summed E-state index contributed by atoms with van der Waals surface area (Å²) in [7, 11) is 3.68. The fourth-order valence-corrected chi connectivity index (χ4v) is 2.13. The van der Waals surface area contributed by atoms with Crippen LogP contribution in [0, 0.1) is 0 Å². The highest BCUT2D eigenvalue weighted by atomic mass is 16.5. The van der Waals surface area contributed by atoms with Crippen LogP contribution >= 0.6 is 0 Å². The Balaban J connectivity index is 2.36. The molecule has 0 aromatic rings. The number of likely N-dealkylation sites (tertiary alicyclic amines) is 1. The van der Waals surface area contributed by atoms with Crippen molar-refractivity contribution in [3.05, 3.63) is 0 Å². The van der Waals surface area contributed by atoms with E-state index < -0.39 is 0 Å². The van der Waals surface area contributed by atoms with E-state index in [4.69, 9.17) is 10.5 Å². The van der Waals surface area contributed by atoms with Crippen LogP contribution in [-0.4, -0.2) is 68.7 Å². The maximum absolute atomic E-state index is 12.0. The number of hydrogen-bond acceptors (Lipinski definition) is 4. The highest BCUT2D eigenvalue weighted by Gasteiger charge is 2.23. The van der Waals surface area contributed by atoms with E-state index >= 15 is 0 Å². The zero-order valence-corrected chi connectivity index (χ0v) is 11.0. The molecule has 5 nitrogen and oxygen atoms in total. The van der Waals surface area contributed by atoms with E-state index in [2.05, 4.69) is 4.90 Å². The maximum atomic E-state index is 12.0. The molecule has 1 fully saturated rings. The molecule has 17 heavy (non-hydrogen) atoms. The molecule has 1 unspecified atom stereocenters. The SMILES string of the molecule is COCCN(C)C(CN)CC(=O)N1CCCC1. The van der Waals surface area contributed by atoms with Crippen LogP contribution in [0.4, 0.5) is 0 Å². The van der Waals surface area contributed by atoms with Gasteiger partial charge in [0.25, 0.3) is 0 Å². The molecule has 1 saturated heterocycles. The Morgan fingerprint density at radius 2 is 2.12 bits per heavy atom. The van der Waals surface area contributed by atoms with Gasteiger partial charge in [0.1, 0.15) is 0 Å². The zero-order chi connectivity index (χ0) is 12.7. The van der Waals surface area contributed by atoms with Crippen molar-refractivity contribution in [2.45, 2.75) is 25.3 Å². The van der Waals surface area contributed by atoms with Gasteiger partial charge in [0.2, 0.25) is 5.91 Å². The normalized spacial score (nSPS) is 17.8. The Morgan fingerprint density at radius 1 is 1.47 bits per heavy atom. The van der Waals surface area contributed by atoms with Gasteiger partial charge in [0, 0.05) is 45.8 Å². The van der Waals surface area contributed by atoms with Crippen LogP contribution in [0.15, 0.2) is 0 Å². The fraction of sp³-hybridized carbons (Fsp3) is 0.917. The molecule has 5 heteroatoms. The largest absolute Gasteiger partial charge is 0.383 e. The molecular weight excluding hydrogens is 218 g/mol. The molecule has 0 radical (unpaired) electrons. The quantitative estimate of drug-likeness (QED) is 0.678. The van der Waals surface area contributed by atoms with Gasteiger partial charge in [-0.25, -0.2) is 0 Å². The van der Waals surface area contributed by atoms with Gasteiger partial charge in [0.15, 0.2) is 0 Å². The third kappa shape index (κ3) is 4.61. The maximum Gasteiger partial charge on any atom is 0.224 e. The van der Waals surface area contributed by atoms with Crippen molar-refractivity contribution in [2.75, 3.05) is 46.9 Å². The van der Waals surface area contributed by atoms with E-state index in [0.717, 1.165) is 32.5 Å². The van der Waals surface area contributed by atoms with Crippen LogP contribution < -0.4 is 5.73 Å². The van der Waals surface area contributed by atoms with E-state index in [9.17, 15) is 4.79 Å². The summed E-state index contributed by atoms with van der Waals surface area (Å²) in [6, 6.07) is 0.123. The predicted octanol–water partition coefficient (Wildman–Crippen LogP) is -0.0956. The first-order valence-corrected chi connectivity index (χ1v) is 6.36. The molecule has 0 bridgehead atoms. The second-order valence-corrected chi connectivity index (χ2v) is 4.65. The van der Waals surface area contributed by atoms with Crippen LogP contribution in [0.5, 0.6) is 0 Å². The molecule has 1 atom stereocenters. The minimum atomic E-state index is 0.123. The summed E-state index contributed by atoms with van der Waals surface area (Å²) in [4.78, 5) is 16.1. The third-order valence-electron chi connectivity index (χ3n) is 3.41. The van der Waals surface area contributed by atoms with Crippen LogP contribution in [0.1, 0.15) is 19.3 Å². The van der Waals surface area contributed by atoms with Crippen molar-refractivity contribution in [2.24, 2.45) is 5.73 Å². The summed E-state index contributed by atoms with van der Waals surface area (Å²) in [5.74, 6) is 0.238. The van der Waals surface area contributed by atoms with Crippen molar-refractivity contribution in [1.29, 1.82) is 0 Å². The average Bonchev–Trinajstić information content (AvgIpc) is 2.86. The number of ether oxygens (including phenoxy) is 1. The molecule has 100 valence electrons. The Morgan fingerprint density at radius 3 is 2.65 bits per heavy atom. The average molecular weight is 243 g/mol. The molecule has 0 aromatic carbocycles. The molecule has 1 heterocycles. The molecule has 0 aliphatic carbocycles. The molecule has 2 N–H and O–H groups in total. The highest BCUT2D eigenvalue weighted by molar-refractivity contribution is 5.77. The van der Waals surface area contributed by atoms with Crippen LogP contribution in [-0.2, 0) is 9.53 Å². The minimum Gasteiger partial charge on any atom is -0.383 e. The fourth-order valence-electron chi connectivity index (χ4n) is 2.13. The topological polar surface area (TPSA) is 58.8 Å². The summed E-state index contributed by atoms with van der Waals surface area (Å²) in [6.45, 7) is 3.83. The van der Waals surface area contributed by atoms with Gasteiger partial charge >= 0.3 is 0 Å². The number of methoxy groups -OCH3 is 1. The lowest BCUT2D eigenvalue weighted by Gasteiger charge is -2.27. The number of carbonyl (C=O) groups excluding carboxylic acids is 1. The Kier molecular flexibility index (Phi) is 6.47. The van der Waals surface area contributed by atoms with E-state index in [1.807, 2.05) is 11.9 Å². The minimum absolute atomic E-state index is 0.123. The van der Waals surface area contributed by atoms with Crippen molar-refractivity contribution >= 4 is 5.91 Å². The number of amides is 1. The van der Waals surface area contributed by atoms with E-state index in [1.165, 1.54) is 0 Å². The van der Waals surface area contributed by atoms with Crippen LogP contribution in [0.2, 0.25) is 0 Å². The lowest BCUT2D eigenvalue weighted by molar-refractivity contribution is -0.131. The summed E-state index contributed by atoms with van der Waals surface area (Å²) >= 11 is 0. The highest BCUT2D eigenvalue weighted by Crippen LogP contribution is 2.11.